The first-order chi connectivity index (χ1) is 19.4. The van der Waals surface area contributed by atoms with Crippen LogP contribution in [-0.4, -0.2) is 39.8 Å². The van der Waals surface area contributed by atoms with Crippen LogP contribution < -0.4 is 4.90 Å². The molecule has 0 aliphatic carbocycles. The van der Waals surface area contributed by atoms with Crippen LogP contribution in [0.2, 0.25) is 10.0 Å². The Balaban J connectivity index is 1.89. The van der Waals surface area contributed by atoms with Gasteiger partial charge in [-0.1, -0.05) is 47.5 Å². The molecular formula is C29H25Cl2F3N2O4S. The number of aliphatic carboxylic acids is 1. The molecule has 2 atom stereocenters. The Morgan fingerprint density at radius 2 is 1.59 bits per heavy atom. The summed E-state index contributed by atoms with van der Waals surface area (Å²) in [7, 11) is 0. The lowest BCUT2D eigenvalue weighted by molar-refractivity contribution is -0.137. The third-order valence-electron chi connectivity index (χ3n) is 6.71. The van der Waals surface area contributed by atoms with Gasteiger partial charge in [-0.2, -0.15) is 13.2 Å². The number of anilines is 1. The second-order valence-corrected chi connectivity index (χ2v) is 11.5. The van der Waals surface area contributed by atoms with Gasteiger partial charge in [-0.05, 0) is 85.1 Å². The number of halogens is 5. The lowest BCUT2D eigenvalue weighted by Gasteiger charge is -2.36. The SMILES string of the molecule is C[C@H](c1ccc(Cl)cc1)N1C(=O)c2cc(SC(F)(F)F)ccc2N(CCCCC(=O)O)C(=O)[C@@H]1c1ccc(Cl)cc1. The molecule has 4 rings (SSSR count). The van der Waals surface area contributed by atoms with E-state index in [1.807, 2.05) is 0 Å². The predicted molar refractivity (Wildman–Crippen MR) is 152 cm³/mol. The standard InChI is InChI=1S/C29H25Cl2F3N2O4S/c1-17(18-5-9-20(30)10-6-18)36-26(19-7-11-21(31)12-8-19)28(40)35(15-3-2-4-25(37)38)24-14-13-22(41-29(32,33)34)16-23(24)27(36)39/h5-14,16-17,26H,2-4,15H2,1H3,(H,37,38)/t17-,26+/m1/s1. The summed E-state index contributed by atoms with van der Waals surface area (Å²) < 4.78 is 39.8. The summed E-state index contributed by atoms with van der Waals surface area (Å²) >= 11 is 11.8. The van der Waals surface area contributed by atoms with Gasteiger partial charge in [0.1, 0.15) is 6.04 Å². The number of alkyl halides is 3. The van der Waals surface area contributed by atoms with Crippen molar-refractivity contribution < 1.29 is 32.7 Å². The van der Waals surface area contributed by atoms with Gasteiger partial charge in [0.2, 0.25) is 0 Å². The van der Waals surface area contributed by atoms with Crippen LogP contribution in [-0.2, 0) is 9.59 Å². The Morgan fingerprint density at radius 3 is 2.17 bits per heavy atom. The van der Waals surface area contributed by atoms with Gasteiger partial charge in [0, 0.05) is 27.9 Å². The molecule has 0 saturated heterocycles. The molecule has 1 aliphatic heterocycles. The predicted octanol–water partition coefficient (Wildman–Crippen LogP) is 8.15. The van der Waals surface area contributed by atoms with Crippen molar-refractivity contribution in [1.82, 2.24) is 4.90 Å². The number of thioether (sulfide) groups is 1. The van der Waals surface area contributed by atoms with Crippen molar-refractivity contribution in [3.63, 3.8) is 0 Å². The molecule has 3 aromatic rings. The van der Waals surface area contributed by atoms with Crippen molar-refractivity contribution in [2.24, 2.45) is 0 Å². The first kappa shape index (κ1) is 30.7. The number of carbonyl (C=O) groups excluding carboxylic acids is 2. The summed E-state index contributed by atoms with van der Waals surface area (Å²) in [6, 6.07) is 15.0. The zero-order chi connectivity index (χ0) is 29.9. The summed E-state index contributed by atoms with van der Waals surface area (Å²) in [5.74, 6) is -2.10. The topological polar surface area (TPSA) is 77.9 Å². The molecule has 0 bridgehead atoms. The number of carbonyl (C=O) groups is 3. The van der Waals surface area contributed by atoms with E-state index in [4.69, 9.17) is 28.3 Å². The fourth-order valence-electron chi connectivity index (χ4n) is 4.79. The second-order valence-electron chi connectivity index (χ2n) is 9.46. The minimum Gasteiger partial charge on any atom is -0.481 e. The van der Waals surface area contributed by atoms with E-state index < -0.39 is 35.4 Å². The summed E-state index contributed by atoms with van der Waals surface area (Å²) in [6.07, 6.45) is 0.445. The van der Waals surface area contributed by atoms with Crippen molar-refractivity contribution in [3.05, 3.63) is 93.5 Å². The number of carboxylic acids is 1. The fourth-order valence-corrected chi connectivity index (χ4v) is 5.62. The van der Waals surface area contributed by atoms with Crippen molar-refractivity contribution in [3.8, 4) is 0 Å². The lowest BCUT2D eigenvalue weighted by Crippen LogP contribution is -2.44. The van der Waals surface area contributed by atoms with Crippen LogP contribution in [0.5, 0.6) is 0 Å². The summed E-state index contributed by atoms with van der Waals surface area (Å²) in [4.78, 5) is 42.3. The number of unbranched alkanes of at least 4 members (excludes halogenated alkanes) is 1. The highest BCUT2D eigenvalue weighted by Gasteiger charge is 2.43. The summed E-state index contributed by atoms with van der Waals surface area (Å²) in [5.41, 5.74) is -3.38. The van der Waals surface area contributed by atoms with Crippen LogP contribution in [0.3, 0.4) is 0 Å². The molecule has 1 N–H and O–H groups in total. The average Bonchev–Trinajstić information content (AvgIpc) is 2.99. The zero-order valence-electron chi connectivity index (χ0n) is 21.7. The maximum Gasteiger partial charge on any atom is 0.446 e. The molecule has 1 heterocycles. The van der Waals surface area contributed by atoms with E-state index in [9.17, 15) is 27.6 Å². The number of fused-ring (bicyclic) bond motifs is 1. The van der Waals surface area contributed by atoms with Crippen molar-refractivity contribution in [1.29, 1.82) is 0 Å². The third kappa shape index (κ3) is 7.36. The molecule has 0 unspecified atom stereocenters. The van der Waals surface area contributed by atoms with Crippen LogP contribution in [0.1, 0.15) is 59.8 Å². The van der Waals surface area contributed by atoms with Gasteiger partial charge in [0.15, 0.2) is 0 Å². The van der Waals surface area contributed by atoms with Gasteiger partial charge in [-0.3, -0.25) is 14.4 Å². The molecule has 0 fully saturated rings. The van der Waals surface area contributed by atoms with Gasteiger partial charge in [-0.25, -0.2) is 0 Å². The van der Waals surface area contributed by atoms with E-state index in [1.54, 1.807) is 55.5 Å². The number of benzene rings is 3. The first-order valence-electron chi connectivity index (χ1n) is 12.6. The monoisotopic (exact) mass is 624 g/mol. The van der Waals surface area contributed by atoms with Gasteiger partial charge in [-0.15, -0.1) is 0 Å². The van der Waals surface area contributed by atoms with Gasteiger partial charge in [0.05, 0.1) is 17.3 Å². The maximum atomic E-state index is 14.4. The molecule has 3 aromatic carbocycles. The average molecular weight is 625 g/mol. The Labute approximate surface area is 249 Å². The van der Waals surface area contributed by atoms with Crippen LogP contribution in [0, 0.1) is 0 Å². The Kier molecular flexibility index (Phi) is 9.56. The van der Waals surface area contributed by atoms with Crippen molar-refractivity contribution >= 4 is 58.4 Å². The number of nitrogens with zero attached hydrogens (tertiary/aromatic N) is 2. The Hall–Kier alpha value is -3.21. The normalized spacial score (nSPS) is 16.4. The minimum atomic E-state index is -4.59. The number of carboxylic acid groups (broad SMARTS) is 1. The van der Waals surface area contributed by atoms with Gasteiger partial charge in [0.25, 0.3) is 11.8 Å². The summed E-state index contributed by atoms with van der Waals surface area (Å²) in [6.45, 7) is 1.79. The molecule has 6 nitrogen and oxygen atoms in total. The highest BCUT2D eigenvalue weighted by molar-refractivity contribution is 8.00. The first-order valence-corrected chi connectivity index (χ1v) is 14.2. The molecule has 0 aromatic heterocycles. The van der Waals surface area contributed by atoms with E-state index in [0.29, 0.717) is 27.6 Å². The lowest BCUT2D eigenvalue weighted by atomic mass is 9.98. The molecule has 216 valence electrons. The summed E-state index contributed by atoms with van der Waals surface area (Å²) in [5, 5.41) is 9.94. The minimum absolute atomic E-state index is 0.0609. The van der Waals surface area contributed by atoms with E-state index in [-0.39, 0.29) is 47.3 Å². The molecular weight excluding hydrogens is 600 g/mol. The van der Waals surface area contributed by atoms with E-state index in [0.717, 1.165) is 6.07 Å². The molecule has 0 spiro atoms. The number of amides is 2. The molecule has 0 saturated carbocycles. The highest BCUT2D eigenvalue weighted by atomic mass is 35.5. The van der Waals surface area contributed by atoms with Gasteiger partial charge < -0.3 is 14.9 Å². The molecule has 0 radical (unpaired) electrons. The second kappa shape index (κ2) is 12.8. The smallest absolute Gasteiger partial charge is 0.446 e. The van der Waals surface area contributed by atoms with Crippen molar-refractivity contribution in [2.45, 2.75) is 48.7 Å². The van der Waals surface area contributed by atoms with Crippen LogP contribution in [0.4, 0.5) is 18.9 Å². The fraction of sp³-hybridized carbons (Fsp3) is 0.276. The number of rotatable bonds is 9. The molecule has 1 aliphatic rings. The quantitative estimate of drug-likeness (QED) is 0.192. The number of hydrogen-bond acceptors (Lipinski definition) is 4. The van der Waals surface area contributed by atoms with E-state index >= 15 is 0 Å². The van der Waals surface area contributed by atoms with Crippen LogP contribution in [0.15, 0.2) is 71.6 Å². The maximum absolute atomic E-state index is 14.4. The Morgan fingerprint density at radius 1 is 0.976 bits per heavy atom. The van der Waals surface area contributed by atoms with E-state index in [2.05, 4.69) is 0 Å². The van der Waals surface area contributed by atoms with Crippen LogP contribution in [0.25, 0.3) is 0 Å². The third-order valence-corrected chi connectivity index (χ3v) is 7.94. The van der Waals surface area contributed by atoms with Gasteiger partial charge >= 0.3 is 11.5 Å². The van der Waals surface area contributed by atoms with E-state index in [1.165, 1.54) is 21.9 Å². The Bertz CT molecular complexity index is 1440. The molecule has 2 amide bonds. The van der Waals surface area contributed by atoms with Crippen molar-refractivity contribution in [2.75, 3.05) is 11.4 Å². The number of hydrogen-bond donors (Lipinski definition) is 1. The molecule has 41 heavy (non-hydrogen) atoms. The van der Waals surface area contributed by atoms with Crippen LogP contribution >= 0.6 is 35.0 Å². The highest BCUT2D eigenvalue weighted by Crippen LogP contribution is 2.43. The molecule has 12 heteroatoms. The zero-order valence-corrected chi connectivity index (χ0v) is 24.0. The largest absolute Gasteiger partial charge is 0.481 e.